The lowest BCUT2D eigenvalue weighted by atomic mass is 10.0. The van der Waals surface area contributed by atoms with Crippen molar-refractivity contribution in [3.05, 3.63) is 29.3 Å². The van der Waals surface area contributed by atoms with Gasteiger partial charge >= 0.3 is 0 Å². The molecule has 0 unspecified atom stereocenters. The minimum absolute atomic E-state index is 0.0591. The number of hydrogen-bond donors (Lipinski definition) is 1. The van der Waals surface area contributed by atoms with Crippen molar-refractivity contribution in [3.8, 4) is 5.75 Å². The van der Waals surface area contributed by atoms with E-state index in [9.17, 15) is 9.59 Å². The van der Waals surface area contributed by atoms with Crippen LogP contribution in [0.1, 0.15) is 44.7 Å². The van der Waals surface area contributed by atoms with Gasteiger partial charge in [-0.15, -0.1) is 0 Å². The lowest BCUT2D eigenvalue weighted by molar-refractivity contribution is -0.137. The Kier molecular flexibility index (Phi) is 7.59. The molecule has 0 atom stereocenters. The minimum atomic E-state index is -0.185. The van der Waals surface area contributed by atoms with Crippen molar-refractivity contribution in [3.63, 3.8) is 0 Å². The van der Waals surface area contributed by atoms with Crippen LogP contribution < -0.4 is 10.1 Å². The maximum atomic E-state index is 12.3. The second kappa shape index (κ2) is 9.18. The number of ether oxygens (including phenoxy) is 1. The zero-order chi connectivity index (χ0) is 17.4. The Bertz CT molecular complexity index is 541. The predicted molar refractivity (Wildman–Crippen MR) is 91.7 cm³/mol. The smallest absolute Gasteiger partial charge is 0.260 e. The van der Waals surface area contributed by atoms with Gasteiger partial charge in [-0.25, -0.2) is 0 Å². The Balaban J connectivity index is 2.71. The predicted octanol–water partition coefficient (Wildman–Crippen LogP) is 2.48. The van der Waals surface area contributed by atoms with Crippen LogP contribution in [0.25, 0.3) is 0 Å². The molecular weight excluding hydrogens is 292 g/mol. The SMILES string of the molecule is CCNC(=O)CN(CC)C(=O)COc1cc(C)ccc1C(C)C. The van der Waals surface area contributed by atoms with E-state index in [-0.39, 0.29) is 25.0 Å². The van der Waals surface area contributed by atoms with Crippen LogP contribution >= 0.6 is 0 Å². The van der Waals surface area contributed by atoms with Crippen LogP contribution in [0.3, 0.4) is 0 Å². The van der Waals surface area contributed by atoms with E-state index in [2.05, 4.69) is 19.2 Å². The van der Waals surface area contributed by atoms with Gasteiger partial charge in [0.25, 0.3) is 5.91 Å². The Morgan fingerprint density at radius 3 is 2.52 bits per heavy atom. The minimum Gasteiger partial charge on any atom is -0.483 e. The van der Waals surface area contributed by atoms with Gasteiger partial charge in [-0.05, 0) is 43.9 Å². The molecule has 0 aliphatic heterocycles. The van der Waals surface area contributed by atoms with Crippen molar-refractivity contribution in [2.45, 2.75) is 40.5 Å². The maximum Gasteiger partial charge on any atom is 0.260 e. The van der Waals surface area contributed by atoms with Crippen molar-refractivity contribution in [2.24, 2.45) is 0 Å². The highest BCUT2D eigenvalue weighted by Gasteiger charge is 2.17. The third kappa shape index (κ3) is 5.93. The van der Waals surface area contributed by atoms with E-state index >= 15 is 0 Å². The second-order valence-electron chi connectivity index (χ2n) is 5.85. The van der Waals surface area contributed by atoms with Crippen molar-refractivity contribution < 1.29 is 14.3 Å². The number of rotatable bonds is 8. The van der Waals surface area contributed by atoms with E-state index in [1.54, 1.807) is 0 Å². The van der Waals surface area contributed by atoms with E-state index in [0.29, 0.717) is 19.0 Å². The van der Waals surface area contributed by atoms with Crippen LogP contribution in [-0.2, 0) is 9.59 Å². The second-order valence-corrected chi connectivity index (χ2v) is 5.85. The highest BCUT2D eigenvalue weighted by molar-refractivity contribution is 5.85. The number of likely N-dealkylation sites (N-methyl/N-ethyl adjacent to an activating group) is 2. The molecule has 23 heavy (non-hydrogen) atoms. The van der Waals surface area contributed by atoms with Crippen molar-refractivity contribution in [2.75, 3.05) is 26.2 Å². The number of nitrogens with one attached hydrogen (secondary N) is 1. The molecule has 0 spiro atoms. The molecule has 5 nitrogen and oxygen atoms in total. The molecule has 0 fully saturated rings. The molecule has 0 aliphatic rings. The first-order chi connectivity index (χ1) is 10.9. The maximum absolute atomic E-state index is 12.3. The highest BCUT2D eigenvalue weighted by atomic mass is 16.5. The first-order valence-corrected chi connectivity index (χ1v) is 8.16. The summed E-state index contributed by atoms with van der Waals surface area (Å²) in [6.45, 7) is 10.9. The molecule has 1 aromatic carbocycles. The zero-order valence-electron chi connectivity index (χ0n) is 14.8. The number of carbonyl (C=O) groups excluding carboxylic acids is 2. The molecule has 0 aromatic heterocycles. The van der Waals surface area contributed by atoms with Crippen molar-refractivity contribution >= 4 is 11.8 Å². The first kappa shape index (κ1) is 19.0. The summed E-state index contributed by atoms with van der Waals surface area (Å²) in [7, 11) is 0. The summed E-state index contributed by atoms with van der Waals surface area (Å²) in [5.41, 5.74) is 2.17. The van der Waals surface area contributed by atoms with E-state index in [0.717, 1.165) is 16.9 Å². The van der Waals surface area contributed by atoms with Gasteiger partial charge in [0, 0.05) is 13.1 Å². The lowest BCUT2D eigenvalue weighted by Crippen LogP contribution is -2.42. The Morgan fingerprint density at radius 1 is 1.26 bits per heavy atom. The van der Waals surface area contributed by atoms with E-state index in [1.165, 1.54) is 4.90 Å². The Hall–Kier alpha value is -2.04. The molecule has 0 saturated carbocycles. The average Bonchev–Trinajstić information content (AvgIpc) is 2.50. The molecular formula is C18H28N2O3. The van der Waals surface area contributed by atoms with E-state index in [1.807, 2.05) is 39.0 Å². The summed E-state index contributed by atoms with van der Waals surface area (Å²) in [5.74, 6) is 0.719. The van der Waals surface area contributed by atoms with Crippen LogP contribution in [0.5, 0.6) is 5.75 Å². The van der Waals surface area contributed by atoms with Crippen LogP contribution in [-0.4, -0.2) is 43.0 Å². The van der Waals surface area contributed by atoms with Crippen molar-refractivity contribution in [1.29, 1.82) is 0 Å². The number of benzene rings is 1. The third-order valence-electron chi connectivity index (χ3n) is 3.59. The Morgan fingerprint density at radius 2 is 1.96 bits per heavy atom. The fraction of sp³-hybridized carbons (Fsp3) is 0.556. The number of nitrogens with zero attached hydrogens (tertiary/aromatic N) is 1. The molecule has 0 aliphatic carbocycles. The zero-order valence-corrected chi connectivity index (χ0v) is 14.8. The summed E-state index contributed by atoms with van der Waals surface area (Å²) in [6, 6.07) is 6.02. The summed E-state index contributed by atoms with van der Waals surface area (Å²) in [4.78, 5) is 25.4. The van der Waals surface area contributed by atoms with Crippen LogP contribution in [0.4, 0.5) is 0 Å². The number of amides is 2. The summed E-state index contributed by atoms with van der Waals surface area (Å²) >= 11 is 0. The molecule has 0 bridgehead atoms. The van der Waals surface area contributed by atoms with Crippen LogP contribution in [0.2, 0.25) is 0 Å². The van der Waals surface area contributed by atoms with Gasteiger partial charge in [-0.1, -0.05) is 26.0 Å². The molecule has 128 valence electrons. The molecule has 5 heteroatoms. The summed E-state index contributed by atoms with van der Waals surface area (Å²) in [5, 5.41) is 2.70. The highest BCUT2D eigenvalue weighted by Crippen LogP contribution is 2.27. The Labute approximate surface area is 139 Å². The van der Waals surface area contributed by atoms with Gasteiger partial charge in [0.05, 0.1) is 6.54 Å². The third-order valence-corrected chi connectivity index (χ3v) is 3.59. The van der Waals surface area contributed by atoms with Gasteiger partial charge in [0.1, 0.15) is 5.75 Å². The monoisotopic (exact) mass is 320 g/mol. The molecule has 1 aromatic rings. The molecule has 0 radical (unpaired) electrons. The van der Waals surface area contributed by atoms with E-state index < -0.39 is 0 Å². The summed E-state index contributed by atoms with van der Waals surface area (Å²) < 4.78 is 5.74. The first-order valence-electron chi connectivity index (χ1n) is 8.16. The molecule has 0 heterocycles. The van der Waals surface area contributed by atoms with Crippen LogP contribution in [0.15, 0.2) is 18.2 Å². The van der Waals surface area contributed by atoms with Crippen LogP contribution in [0, 0.1) is 6.92 Å². The topological polar surface area (TPSA) is 58.6 Å². The largest absolute Gasteiger partial charge is 0.483 e. The fourth-order valence-corrected chi connectivity index (χ4v) is 2.28. The van der Waals surface area contributed by atoms with Crippen molar-refractivity contribution in [1.82, 2.24) is 10.2 Å². The van der Waals surface area contributed by atoms with Gasteiger partial charge in [0.15, 0.2) is 6.61 Å². The number of aryl methyl sites for hydroxylation is 1. The van der Waals surface area contributed by atoms with Gasteiger partial charge < -0.3 is 15.0 Å². The fourth-order valence-electron chi connectivity index (χ4n) is 2.28. The quantitative estimate of drug-likeness (QED) is 0.800. The van der Waals surface area contributed by atoms with Gasteiger partial charge in [-0.3, -0.25) is 9.59 Å². The lowest BCUT2D eigenvalue weighted by Gasteiger charge is -2.21. The molecule has 2 amide bonds. The normalized spacial score (nSPS) is 10.5. The molecule has 0 saturated heterocycles. The van der Waals surface area contributed by atoms with Gasteiger partial charge in [-0.2, -0.15) is 0 Å². The standard InChI is InChI=1S/C18H28N2O3/c1-6-19-17(21)11-20(7-2)18(22)12-23-16-10-14(5)8-9-15(16)13(3)4/h8-10,13H,6-7,11-12H2,1-5H3,(H,19,21). The molecule has 1 rings (SSSR count). The molecule has 1 N–H and O–H groups in total. The number of hydrogen-bond acceptors (Lipinski definition) is 3. The van der Waals surface area contributed by atoms with E-state index in [4.69, 9.17) is 4.74 Å². The number of carbonyl (C=O) groups is 2. The summed E-state index contributed by atoms with van der Waals surface area (Å²) in [6.07, 6.45) is 0. The average molecular weight is 320 g/mol. The van der Waals surface area contributed by atoms with Gasteiger partial charge in [0.2, 0.25) is 5.91 Å².